The molecule has 0 amide bonds. The summed E-state index contributed by atoms with van der Waals surface area (Å²) in [5, 5.41) is 0. The number of carbonyl (C=O) groups is 1. The van der Waals surface area contributed by atoms with Crippen LogP contribution in [-0.2, 0) is 4.74 Å². The van der Waals surface area contributed by atoms with Crippen LogP contribution in [-0.4, -0.2) is 22.5 Å². The summed E-state index contributed by atoms with van der Waals surface area (Å²) >= 11 is 0. The molecule has 0 atom stereocenters. The van der Waals surface area contributed by atoms with Crippen LogP contribution in [0.4, 0.5) is 4.39 Å². The first kappa shape index (κ1) is 13.2. The minimum Gasteiger partial charge on any atom is -0.465 e. The fraction of sp³-hybridized carbons (Fsp3) is 0.333. The molecule has 2 aromatic heterocycles. The van der Waals surface area contributed by atoms with Gasteiger partial charge in [0.1, 0.15) is 11.4 Å². The van der Waals surface area contributed by atoms with Gasteiger partial charge in [0.05, 0.1) is 7.11 Å². The van der Waals surface area contributed by atoms with Gasteiger partial charge in [0.15, 0.2) is 5.65 Å². The Morgan fingerprint density at radius 3 is 2.71 bits per heavy atom. The number of hydrogen-bond donors (Lipinski definition) is 0. The number of hydrogen-bond acceptors (Lipinski definition) is 3. The molecule has 0 aliphatic heterocycles. The van der Waals surface area contributed by atoms with E-state index in [2.05, 4.69) is 9.72 Å². The third kappa shape index (κ3) is 2.43. The highest BCUT2D eigenvalue weighted by Crippen LogP contribution is 2.14. The second-order valence-corrected chi connectivity index (χ2v) is 3.16. The maximum absolute atomic E-state index is 13.2. The van der Waals surface area contributed by atoms with Gasteiger partial charge in [0.25, 0.3) is 0 Å². The maximum atomic E-state index is 13.2. The molecule has 17 heavy (non-hydrogen) atoms. The molecule has 2 rings (SSSR count). The molecule has 0 unspecified atom stereocenters. The summed E-state index contributed by atoms with van der Waals surface area (Å²) in [6.45, 7) is 5.78. The first-order chi connectivity index (χ1) is 8.13. The Balaban J connectivity index is 0.000000686. The molecule has 5 heteroatoms. The van der Waals surface area contributed by atoms with Crippen molar-refractivity contribution < 1.29 is 13.9 Å². The minimum absolute atomic E-state index is 0.130. The van der Waals surface area contributed by atoms with E-state index in [-0.39, 0.29) is 5.56 Å². The molecule has 2 aromatic rings. The Hall–Kier alpha value is -1.91. The van der Waals surface area contributed by atoms with Crippen molar-refractivity contribution in [1.82, 2.24) is 9.38 Å². The summed E-state index contributed by atoms with van der Waals surface area (Å²) in [7, 11) is 1.25. The van der Waals surface area contributed by atoms with E-state index in [1.54, 1.807) is 13.1 Å². The molecule has 0 N–H and O–H groups in total. The fourth-order valence-corrected chi connectivity index (χ4v) is 1.43. The van der Waals surface area contributed by atoms with Gasteiger partial charge in [-0.05, 0) is 13.0 Å². The number of aromatic nitrogens is 2. The first-order valence-electron chi connectivity index (χ1n) is 5.35. The van der Waals surface area contributed by atoms with E-state index in [1.165, 1.54) is 17.7 Å². The monoisotopic (exact) mass is 238 g/mol. The van der Waals surface area contributed by atoms with E-state index < -0.39 is 11.8 Å². The van der Waals surface area contributed by atoms with Gasteiger partial charge in [-0.15, -0.1) is 0 Å². The van der Waals surface area contributed by atoms with E-state index >= 15 is 0 Å². The number of halogens is 1. The zero-order chi connectivity index (χ0) is 13.0. The SMILES string of the molecule is CC.COC(=O)c1cc(F)cn2c(C)cnc12. The number of pyridine rings is 1. The van der Waals surface area contributed by atoms with Gasteiger partial charge in [-0.25, -0.2) is 14.2 Å². The lowest BCUT2D eigenvalue weighted by atomic mass is 10.2. The van der Waals surface area contributed by atoms with E-state index in [4.69, 9.17) is 0 Å². The molecule has 0 bridgehead atoms. The number of ether oxygens (including phenoxy) is 1. The average Bonchev–Trinajstić information content (AvgIpc) is 2.72. The predicted octanol–water partition coefficient (Wildman–Crippen LogP) is 2.59. The largest absolute Gasteiger partial charge is 0.465 e. The lowest BCUT2D eigenvalue weighted by molar-refractivity contribution is 0.0601. The number of fused-ring (bicyclic) bond motifs is 1. The van der Waals surface area contributed by atoms with Gasteiger partial charge in [0.2, 0.25) is 0 Å². The Kier molecular flexibility index (Phi) is 4.20. The smallest absolute Gasteiger partial charge is 0.341 e. The highest BCUT2D eigenvalue weighted by molar-refractivity contribution is 5.95. The topological polar surface area (TPSA) is 43.6 Å². The van der Waals surface area contributed by atoms with E-state index in [9.17, 15) is 9.18 Å². The number of aryl methyl sites for hydroxylation is 1. The molecule has 92 valence electrons. The van der Waals surface area contributed by atoms with Gasteiger partial charge in [-0.1, -0.05) is 13.8 Å². The number of esters is 1. The summed E-state index contributed by atoms with van der Waals surface area (Å²) in [4.78, 5) is 15.4. The molecular formula is C12H15FN2O2. The maximum Gasteiger partial charge on any atom is 0.341 e. The van der Waals surface area contributed by atoms with Crippen LogP contribution in [0.5, 0.6) is 0 Å². The molecular weight excluding hydrogens is 223 g/mol. The molecule has 4 nitrogen and oxygen atoms in total. The zero-order valence-electron chi connectivity index (χ0n) is 10.3. The number of nitrogens with zero attached hydrogens (tertiary/aromatic N) is 2. The normalized spacial score (nSPS) is 9.71. The number of carbonyl (C=O) groups excluding carboxylic acids is 1. The molecule has 0 saturated heterocycles. The number of imidazole rings is 1. The van der Waals surface area contributed by atoms with E-state index in [0.717, 1.165) is 11.8 Å². The highest BCUT2D eigenvalue weighted by Gasteiger charge is 2.14. The van der Waals surface area contributed by atoms with Crippen molar-refractivity contribution in [2.45, 2.75) is 20.8 Å². The summed E-state index contributed by atoms with van der Waals surface area (Å²) in [6.07, 6.45) is 2.85. The number of methoxy groups -OCH3 is 1. The molecule has 2 heterocycles. The molecule has 0 radical (unpaired) electrons. The molecule has 0 aliphatic rings. The van der Waals surface area contributed by atoms with E-state index in [1.807, 2.05) is 13.8 Å². The second kappa shape index (κ2) is 5.43. The first-order valence-corrected chi connectivity index (χ1v) is 5.35. The molecule has 0 saturated carbocycles. The Labute approximate surface area is 99.0 Å². The standard InChI is InChI=1S/C10H9FN2O2.C2H6/c1-6-4-12-9-8(10(14)15-2)3-7(11)5-13(6)9;1-2/h3-5H,1-2H3;1-2H3. The van der Waals surface area contributed by atoms with Crippen LogP contribution in [0.3, 0.4) is 0 Å². The van der Waals surface area contributed by atoms with Crippen LogP contribution in [0.2, 0.25) is 0 Å². The number of rotatable bonds is 1. The van der Waals surface area contributed by atoms with Gasteiger partial charge in [0, 0.05) is 18.1 Å². The van der Waals surface area contributed by atoms with Crippen LogP contribution in [0, 0.1) is 12.7 Å². The summed E-state index contributed by atoms with van der Waals surface area (Å²) in [5.41, 5.74) is 1.29. The summed E-state index contributed by atoms with van der Waals surface area (Å²) in [5.74, 6) is -1.09. The van der Waals surface area contributed by atoms with E-state index in [0.29, 0.717) is 5.65 Å². The van der Waals surface area contributed by atoms with Gasteiger partial charge >= 0.3 is 5.97 Å². The predicted molar refractivity (Wildman–Crippen MR) is 62.6 cm³/mol. The molecule has 0 aromatic carbocycles. The minimum atomic E-state index is -0.592. The zero-order valence-corrected chi connectivity index (χ0v) is 10.3. The quantitative estimate of drug-likeness (QED) is 0.717. The third-order valence-electron chi connectivity index (χ3n) is 2.16. The Bertz CT molecular complexity index is 535. The van der Waals surface area contributed by atoms with Crippen molar-refractivity contribution in [2.75, 3.05) is 7.11 Å². The van der Waals surface area contributed by atoms with Crippen molar-refractivity contribution >= 4 is 11.6 Å². The summed E-state index contributed by atoms with van der Waals surface area (Å²) < 4.78 is 19.3. The molecule has 0 fully saturated rings. The van der Waals surface area contributed by atoms with Crippen LogP contribution in [0.15, 0.2) is 18.5 Å². The lowest BCUT2D eigenvalue weighted by Gasteiger charge is -2.03. The van der Waals surface area contributed by atoms with Crippen molar-refractivity contribution in [3.05, 3.63) is 35.5 Å². The molecule has 0 spiro atoms. The average molecular weight is 238 g/mol. The van der Waals surface area contributed by atoms with Gasteiger partial charge in [-0.3, -0.25) is 0 Å². The van der Waals surface area contributed by atoms with Crippen molar-refractivity contribution in [1.29, 1.82) is 0 Å². The second-order valence-electron chi connectivity index (χ2n) is 3.16. The third-order valence-corrected chi connectivity index (χ3v) is 2.16. The fourth-order valence-electron chi connectivity index (χ4n) is 1.43. The Morgan fingerprint density at radius 2 is 2.12 bits per heavy atom. The van der Waals surface area contributed by atoms with Crippen molar-refractivity contribution in [3.8, 4) is 0 Å². The lowest BCUT2D eigenvalue weighted by Crippen LogP contribution is -2.05. The highest BCUT2D eigenvalue weighted by atomic mass is 19.1. The molecule has 0 aliphatic carbocycles. The van der Waals surface area contributed by atoms with Gasteiger partial charge in [-0.2, -0.15) is 0 Å². The van der Waals surface area contributed by atoms with Crippen LogP contribution in [0.25, 0.3) is 5.65 Å². The van der Waals surface area contributed by atoms with Crippen molar-refractivity contribution in [3.63, 3.8) is 0 Å². The Morgan fingerprint density at radius 1 is 1.47 bits per heavy atom. The van der Waals surface area contributed by atoms with Gasteiger partial charge < -0.3 is 9.14 Å². The van der Waals surface area contributed by atoms with Crippen LogP contribution in [0.1, 0.15) is 29.9 Å². The van der Waals surface area contributed by atoms with Crippen LogP contribution < -0.4 is 0 Å². The van der Waals surface area contributed by atoms with Crippen molar-refractivity contribution in [2.24, 2.45) is 0 Å². The van der Waals surface area contributed by atoms with Crippen LogP contribution >= 0.6 is 0 Å². The summed E-state index contributed by atoms with van der Waals surface area (Å²) in [6, 6.07) is 1.12.